The molecule has 0 saturated heterocycles. The molecule has 0 saturated carbocycles. The van der Waals surface area contributed by atoms with E-state index in [1.165, 1.54) is 13.0 Å². The zero-order valence-corrected chi connectivity index (χ0v) is 21.8. The molecule has 0 bridgehead atoms. The highest BCUT2D eigenvalue weighted by Crippen LogP contribution is 2.36. The third-order valence-corrected chi connectivity index (χ3v) is 5.78. The number of rotatable bonds is 6. The van der Waals surface area contributed by atoms with Gasteiger partial charge in [0.1, 0.15) is 11.9 Å². The molecule has 1 aromatic heterocycles. The van der Waals surface area contributed by atoms with E-state index in [4.69, 9.17) is 11.6 Å². The van der Waals surface area contributed by atoms with E-state index in [0.717, 1.165) is 23.3 Å². The van der Waals surface area contributed by atoms with E-state index in [1.807, 2.05) is 0 Å². The highest BCUT2D eigenvalue weighted by molar-refractivity contribution is 6.31. The number of aromatic nitrogens is 1. The second-order valence-electron chi connectivity index (χ2n) is 9.59. The topological polar surface area (TPSA) is 100 Å². The summed E-state index contributed by atoms with van der Waals surface area (Å²) in [4.78, 5) is 41.4. The molecule has 2 aromatic carbocycles. The Balaban J connectivity index is 1.61. The fraction of sp³-hybridized carbons (Fsp3) is 0.259. The van der Waals surface area contributed by atoms with Crippen molar-refractivity contribution in [3.63, 3.8) is 0 Å². The quantitative estimate of drug-likeness (QED) is 0.344. The summed E-state index contributed by atoms with van der Waals surface area (Å²) in [5.41, 5.74) is 0.0854. The largest absolute Gasteiger partial charge is 0.417 e. The molecule has 0 aliphatic carbocycles. The third-order valence-electron chi connectivity index (χ3n) is 5.45. The Morgan fingerprint density at radius 2 is 1.53 bits per heavy atom. The number of carbonyl (C=O) groups is 3. The number of nitrogens with zero attached hydrogens (tertiary/aromatic N) is 1. The molecule has 3 rings (SSSR count). The average molecular weight is 547 g/mol. The molecular weight excluding hydrogens is 521 g/mol. The van der Waals surface area contributed by atoms with Crippen molar-refractivity contribution in [2.45, 2.75) is 39.9 Å². The van der Waals surface area contributed by atoms with Crippen LogP contribution in [0.3, 0.4) is 0 Å². The summed E-state index contributed by atoms with van der Waals surface area (Å²) in [6, 6.07) is 12.0. The van der Waals surface area contributed by atoms with Crippen molar-refractivity contribution < 1.29 is 27.6 Å². The van der Waals surface area contributed by atoms with Crippen LogP contribution in [0, 0.1) is 5.41 Å². The summed E-state index contributed by atoms with van der Waals surface area (Å²) in [5, 5.41) is 7.13. The maximum Gasteiger partial charge on any atom is 0.417 e. The Labute approximate surface area is 222 Å². The first-order valence-electron chi connectivity index (χ1n) is 11.5. The van der Waals surface area contributed by atoms with Crippen molar-refractivity contribution in [1.82, 2.24) is 10.3 Å². The molecule has 0 unspecified atom stereocenters. The number of benzene rings is 2. The SMILES string of the molecule is C[C@H](NC(=O)c1ccc(-c2ccc(NC(=O)C(C)(C)C)nc2)cc1)C(=O)Nc1ccc(Cl)c(C(F)(F)F)c1. The second kappa shape index (κ2) is 11.2. The molecule has 0 radical (unpaired) electrons. The standard InChI is InChI=1S/C27H26ClF3N4O3/c1-15(23(36)34-19-10-11-21(28)20(13-19)27(29,30)31)33-24(37)17-7-5-16(6-8-17)18-9-12-22(32-14-18)35-25(38)26(2,3)4/h5-15H,1-4H3,(H,33,37)(H,34,36)(H,32,35,38)/t15-/m0/s1. The Morgan fingerprint density at radius 3 is 2.08 bits per heavy atom. The van der Waals surface area contributed by atoms with Gasteiger partial charge in [-0.15, -0.1) is 0 Å². The zero-order valence-electron chi connectivity index (χ0n) is 21.0. The lowest BCUT2D eigenvalue weighted by Crippen LogP contribution is -2.41. The minimum atomic E-state index is -4.68. The molecule has 38 heavy (non-hydrogen) atoms. The number of alkyl halides is 3. The molecule has 11 heteroatoms. The van der Waals surface area contributed by atoms with Crippen molar-refractivity contribution in [1.29, 1.82) is 0 Å². The van der Waals surface area contributed by atoms with E-state index in [-0.39, 0.29) is 17.2 Å². The molecule has 0 spiro atoms. The van der Waals surface area contributed by atoms with E-state index in [9.17, 15) is 27.6 Å². The first kappa shape index (κ1) is 28.6. The first-order valence-corrected chi connectivity index (χ1v) is 11.9. The van der Waals surface area contributed by atoms with Gasteiger partial charge in [-0.05, 0) is 55.0 Å². The zero-order chi connectivity index (χ0) is 28.3. The maximum absolute atomic E-state index is 13.1. The summed E-state index contributed by atoms with van der Waals surface area (Å²) < 4.78 is 39.2. The predicted octanol–water partition coefficient (Wildman–Crippen LogP) is 6.16. The van der Waals surface area contributed by atoms with Gasteiger partial charge >= 0.3 is 6.18 Å². The van der Waals surface area contributed by atoms with E-state index in [2.05, 4.69) is 20.9 Å². The summed E-state index contributed by atoms with van der Waals surface area (Å²) in [5.74, 6) is -0.972. The fourth-order valence-corrected chi connectivity index (χ4v) is 3.40. The number of nitrogens with one attached hydrogen (secondary N) is 3. The van der Waals surface area contributed by atoms with Gasteiger partial charge in [-0.25, -0.2) is 4.98 Å². The molecule has 1 atom stereocenters. The van der Waals surface area contributed by atoms with Gasteiger partial charge in [0.05, 0.1) is 10.6 Å². The summed E-state index contributed by atoms with van der Waals surface area (Å²) in [6.45, 7) is 6.81. The number of hydrogen-bond acceptors (Lipinski definition) is 4. The number of anilines is 2. The van der Waals surface area contributed by atoms with Crippen LogP contribution < -0.4 is 16.0 Å². The minimum Gasteiger partial charge on any atom is -0.341 e. The Morgan fingerprint density at radius 1 is 0.895 bits per heavy atom. The number of hydrogen-bond donors (Lipinski definition) is 3. The van der Waals surface area contributed by atoms with E-state index in [1.54, 1.807) is 63.4 Å². The van der Waals surface area contributed by atoms with Crippen molar-refractivity contribution in [2.75, 3.05) is 10.6 Å². The Kier molecular flexibility index (Phi) is 8.46. The fourth-order valence-electron chi connectivity index (χ4n) is 3.17. The molecule has 0 fully saturated rings. The number of amides is 3. The van der Waals surface area contributed by atoms with Gasteiger partial charge in [-0.1, -0.05) is 44.5 Å². The predicted molar refractivity (Wildman–Crippen MR) is 140 cm³/mol. The summed E-state index contributed by atoms with van der Waals surface area (Å²) in [6.07, 6.45) is -3.08. The van der Waals surface area contributed by atoms with Crippen molar-refractivity contribution in [3.8, 4) is 11.1 Å². The molecule has 3 N–H and O–H groups in total. The minimum absolute atomic E-state index is 0.102. The smallest absolute Gasteiger partial charge is 0.341 e. The van der Waals surface area contributed by atoms with E-state index in [0.29, 0.717) is 5.82 Å². The molecule has 0 aliphatic rings. The van der Waals surface area contributed by atoms with Crippen LogP contribution >= 0.6 is 11.6 Å². The van der Waals surface area contributed by atoms with Gasteiger partial charge < -0.3 is 16.0 Å². The van der Waals surface area contributed by atoms with Gasteiger partial charge in [-0.2, -0.15) is 13.2 Å². The highest BCUT2D eigenvalue weighted by Gasteiger charge is 2.33. The first-order chi connectivity index (χ1) is 17.6. The van der Waals surface area contributed by atoms with Gasteiger partial charge in [0.25, 0.3) is 5.91 Å². The second-order valence-corrected chi connectivity index (χ2v) is 10.00. The van der Waals surface area contributed by atoms with Crippen molar-refractivity contribution in [2.24, 2.45) is 5.41 Å². The molecule has 200 valence electrons. The van der Waals surface area contributed by atoms with Crippen LogP contribution in [-0.4, -0.2) is 28.7 Å². The van der Waals surface area contributed by atoms with Crippen LogP contribution in [0.15, 0.2) is 60.8 Å². The van der Waals surface area contributed by atoms with Gasteiger partial charge in [0, 0.05) is 28.4 Å². The van der Waals surface area contributed by atoms with Gasteiger partial charge in [0.2, 0.25) is 11.8 Å². The summed E-state index contributed by atoms with van der Waals surface area (Å²) in [7, 11) is 0. The van der Waals surface area contributed by atoms with E-state index < -0.39 is 40.0 Å². The molecule has 3 amide bonds. The lowest BCUT2D eigenvalue weighted by atomic mass is 9.96. The Hall–Kier alpha value is -3.92. The van der Waals surface area contributed by atoms with Gasteiger partial charge in [0.15, 0.2) is 0 Å². The number of halogens is 4. The van der Waals surface area contributed by atoms with Crippen LogP contribution in [0.5, 0.6) is 0 Å². The lowest BCUT2D eigenvalue weighted by Gasteiger charge is -2.17. The monoisotopic (exact) mass is 546 g/mol. The summed E-state index contributed by atoms with van der Waals surface area (Å²) >= 11 is 5.60. The molecule has 7 nitrogen and oxygen atoms in total. The molecule has 0 aliphatic heterocycles. The normalized spacial score (nSPS) is 12.4. The number of carbonyl (C=O) groups excluding carboxylic acids is 3. The van der Waals surface area contributed by atoms with Crippen LogP contribution in [0.4, 0.5) is 24.7 Å². The van der Waals surface area contributed by atoms with Gasteiger partial charge in [-0.3, -0.25) is 14.4 Å². The van der Waals surface area contributed by atoms with Crippen molar-refractivity contribution >= 4 is 40.8 Å². The molecule has 1 heterocycles. The van der Waals surface area contributed by atoms with E-state index >= 15 is 0 Å². The van der Waals surface area contributed by atoms with Crippen LogP contribution in [0.25, 0.3) is 11.1 Å². The molecule has 3 aromatic rings. The third kappa shape index (κ3) is 7.32. The van der Waals surface area contributed by atoms with Crippen molar-refractivity contribution in [3.05, 3.63) is 76.9 Å². The van der Waals surface area contributed by atoms with Crippen LogP contribution in [0.1, 0.15) is 43.6 Å². The highest BCUT2D eigenvalue weighted by atomic mass is 35.5. The number of pyridine rings is 1. The maximum atomic E-state index is 13.1. The average Bonchev–Trinajstić information content (AvgIpc) is 2.84. The van der Waals surface area contributed by atoms with Crippen LogP contribution in [-0.2, 0) is 15.8 Å². The van der Waals surface area contributed by atoms with Crippen LogP contribution in [0.2, 0.25) is 5.02 Å². The Bertz CT molecular complexity index is 1340. The molecular formula is C27H26ClF3N4O3. The lowest BCUT2D eigenvalue weighted by molar-refractivity contribution is -0.137.